The second-order valence-electron chi connectivity index (χ2n) is 6.83. The van der Waals surface area contributed by atoms with Crippen LogP contribution in [0.5, 0.6) is 5.75 Å². The molecule has 10 heteroatoms. The normalized spacial score (nSPS) is 15.4. The third-order valence-corrected chi connectivity index (χ3v) is 5.65. The predicted molar refractivity (Wildman–Crippen MR) is 95.7 cm³/mol. The lowest BCUT2D eigenvalue weighted by Gasteiger charge is -2.34. The van der Waals surface area contributed by atoms with Crippen molar-refractivity contribution in [2.24, 2.45) is 0 Å². The molecule has 0 fully saturated rings. The molecule has 0 unspecified atom stereocenters. The zero-order valence-corrected chi connectivity index (χ0v) is 16.0. The molecule has 0 radical (unpaired) electrons. The van der Waals surface area contributed by atoms with E-state index in [0.29, 0.717) is 16.7 Å². The lowest BCUT2D eigenvalue weighted by atomic mass is 10.1. The molecule has 0 bridgehead atoms. The minimum Gasteiger partial charge on any atom is -0.460 e. The van der Waals surface area contributed by atoms with E-state index in [4.69, 9.17) is 14.7 Å². The molecule has 2 heterocycles. The van der Waals surface area contributed by atoms with Gasteiger partial charge in [0.15, 0.2) is 21.3 Å². The predicted octanol–water partition coefficient (Wildman–Crippen LogP) is 2.10. The van der Waals surface area contributed by atoms with Gasteiger partial charge >= 0.3 is 0 Å². The number of carbonyl (C=O) groups is 1. The molecular weight excluding hydrogens is 391 g/mol. The Morgan fingerprint density at radius 1 is 1.29 bits per heavy atom. The number of benzene rings is 1. The Bertz CT molecular complexity index is 1010. The largest absolute Gasteiger partial charge is 0.460 e. The number of hydrogen-bond acceptors (Lipinski definition) is 7. The highest BCUT2D eigenvalue weighted by Gasteiger charge is 2.34. The molecule has 0 atom stereocenters. The van der Waals surface area contributed by atoms with E-state index >= 15 is 0 Å². The maximum Gasteiger partial charge on any atom is 0.297 e. The quantitative estimate of drug-likeness (QED) is 0.573. The van der Waals surface area contributed by atoms with Crippen molar-refractivity contribution in [1.82, 2.24) is 10.5 Å². The minimum absolute atomic E-state index is 0.0119. The van der Waals surface area contributed by atoms with Crippen molar-refractivity contribution in [3.63, 3.8) is 0 Å². The zero-order chi connectivity index (χ0) is 20.5. The van der Waals surface area contributed by atoms with Gasteiger partial charge in [0.1, 0.15) is 5.82 Å². The SMILES string of the molecule is CC1(C)OCc2c(CS(=O)(=O)Cc3ccc(F)cc3)cnc(C(=O)NO)c2O1. The summed E-state index contributed by atoms with van der Waals surface area (Å²) in [5, 5.41) is 8.91. The van der Waals surface area contributed by atoms with Gasteiger partial charge in [-0.15, -0.1) is 0 Å². The minimum atomic E-state index is -3.62. The van der Waals surface area contributed by atoms with Gasteiger partial charge in [0.25, 0.3) is 5.91 Å². The highest BCUT2D eigenvalue weighted by molar-refractivity contribution is 7.89. The molecule has 150 valence electrons. The Balaban J connectivity index is 1.94. The standard InChI is InChI=1S/C18H19FN2O6S/c1-18(2)26-8-14-12(7-20-15(16(14)27-18)17(22)21-23)10-28(24,25)9-11-3-5-13(19)6-4-11/h3-7,23H,8-10H2,1-2H3,(H,21,22). The molecule has 1 amide bonds. The van der Waals surface area contributed by atoms with Gasteiger partial charge in [0.05, 0.1) is 18.1 Å². The van der Waals surface area contributed by atoms with Crippen molar-refractivity contribution in [1.29, 1.82) is 0 Å². The van der Waals surface area contributed by atoms with Gasteiger partial charge in [-0.1, -0.05) is 12.1 Å². The first-order valence-corrected chi connectivity index (χ1v) is 10.2. The monoisotopic (exact) mass is 410 g/mol. The average molecular weight is 410 g/mol. The first kappa shape index (κ1) is 20.2. The van der Waals surface area contributed by atoms with Crippen molar-refractivity contribution < 1.29 is 32.3 Å². The molecule has 8 nitrogen and oxygen atoms in total. The number of aromatic nitrogens is 1. The molecule has 0 spiro atoms. The van der Waals surface area contributed by atoms with E-state index in [1.165, 1.54) is 35.9 Å². The van der Waals surface area contributed by atoms with E-state index in [1.54, 1.807) is 13.8 Å². The number of hydroxylamine groups is 1. The van der Waals surface area contributed by atoms with E-state index in [0.717, 1.165) is 0 Å². The van der Waals surface area contributed by atoms with Crippen molar-refractivity contribution in [2.45, 2.75) is 37.7 Å². The second-order valence-corrected chi connectivity index (χ2v) is 8.89. The van der Waals surface area contributed by atoms with E-state index in [-0.39, 0.29) is 29.6 Å². The van der Waals surface area contributed by atoms with Crippen LogP contribution in [0.3, 0.4) is 0 Å². The maximum absolute atomic E-state index is 13.0. The Morgan fingerprint density at radius 3 is 2.61 bits per heavy atom. The summed E-state index contributed by atoms with van der Waals surface area (Å²) in [6.07, 6.45) is 1.25. The van der Waals surface area contributed by atoms with Crippen LogP contribution in [0.25, 0.3) is 0 Å². The second kappa shape index (κ2) is 7.46. The van der Waals surface area contributed by atoms with Crippen molar-refractivity contribution in [2.75, 3.05) is 0 Å². The van der Waals surface area contributed by atoms with Crippen molar-refractivity contribution in [3.8, 4) is 5.75 Å². The van der Waals surface area contributed by atoms with Crippen molar-refractivity contribution in [3.05, 3.63) is 58.7 Å². The van der Waals surface area contributed by atoms with Gasteiger partial charge in [-0.2, -0.15) is 0 Å². The van der Waals surface area contributed by atoms with Crippen LogP contribution in [0.1, 0.15) is 41.0 Å². The van der Waals surface area contributed by atoms with E-state index in [9.17, 15) is 17.6 Å². The van der Waals surface area contributed by atoms with Crippen LogP contribution in [0.4, 0.5) is 4.39 Å². The van der Waals surface area contributed by atoms with Crippen LogP contribution in [-0.4, -0.2) is 30.3 Å². The van der Waals surface area contributed by atoms with Crippen LogP contribution in [0, 0.1) is 5.82 Å². The van der Waals surface area contributed by atoms with E-state index in [1.807, 2.05) is 0 Å². The summed E-state index contributed by atoms with van der Waals surface area (Å²) >= 11 is 0. The van der Waals surface area contributed by atoms with Crippen LogP contribution in [-0.2, 0) is 32.7 Å². The summed E-state index contributed by atoms with van der Waals surface area (Å²) in [6.45, 7) is 3.28. The molecule has 1 aliphatic rings. The number of sulfone groups is 1. The lowest BCUT2D eigenvalue weighted by Crippen LogP contribution is -2.37. The number of amides is 1. The fourth-order valence-electron chi connectivity index (χ4n) is 2.82. The Hall–Kier alpha value is -2.56. The number of pyridine rings is 1. The fraction of sp³-hybridized carbons (Fsp3) is 0.333. The molecule has 1 aliphatic heterocycles. The Labute approximate surface area is 161 Å². The van der Waals surface area contributed by atoms with Gasteiger partial charge in [-0.05, 0) is 23.3 Å². The number of nitrogens with zero attached hydrogens (tertiary/aromatic N) is 1. The molecule has 2 N–H and O–H groups in total. The third-order valence-electron chi connectivity index (χ3n) is 4.13. The number of nitrogens with one attached hydrogen (secondary N) is 1. The van der Waals surface area contributed by atoms with Crippen LogP contribution in [0.2, 0.25) is 0 Å². The van der Waals surface area contributed by atoms with Gasteiger partial charge in [-0.25, -0.2) is 23.3 Å². The maximum atomic E-state index is 13.0. The number of halogens is 1. The van der Waals surface area contributed by atoms with Crippen LogP contribution in [0.15, 0.2) is 30.5 Å². The summed E-state index contributed by atoms with van der Waals surface area (Å²) in [7, 11) is -3.62. The summed E-state index contributed by atoms with van der Waals surface area (Å²) in [5.41, 5.74) is 2.46. The number of carbonyl (C=O) groups excluding carboxylic acids is 1. The highest BCUT2D eigenvalue weighted by Crippen LogP contribution is 2.36. The average Bonchev–Trinajstić information content (AvgIpc) is 2.62. The smallest absolute Gasteiger partial charge is 0.297 e. The molecule has 1 aromatic heterocycles. The van der Waals surface area contributed by atoms with Gasteiger partial charge < -0.3 is 9.47 Å². The van der Waals surface area contributed by atoms with Gasteiger partial charge in [-0.3, -0.25) is 10.0 Å². The number of fused-ring (bicyclic) bond motifs is 1. The van der Waals surface area contributed by atoms with Gasteiger partial charge in [0, 0.05) is 25.6 Å². The summed E-state index contributed by atoms with van der Waals surface area (Å²) in [4.78, 5) is 15.8. The number of rotatable bonds is 5. The van der Waals surface area contributed by atoms with Crippen LogP contribution < -0.4 is 10.2 Å². The molecule has 28 heavy (non-hydrogen) atoms. The first-order chi connectivity index (χ1) is 13.1. The topological polar surface area (TPSA) is 115 Å². The summed E-state index contributed by atoms with van der Waals surface area (Å²) in [6, 6.07) is 5.20. The van der Waals surface area contributed by atoms with E-state index in [2.05, 4.69) is 4.98 Å². The first-order valence-electron chi connectivity index (χ1n) is 8.33. The Kier molecular flexibility index (Phi) is 5.37. The zero-order valence-electron chi connectivity index (χ0n) is 15.2. The summed E-state index contributed by atoms with van der Waals surface area (Å²) in [5.74, 6) is -2.96. The fourth-order valence-corrected chi connectivity index (χ4v) is 4.34. The lowest BCUT2D eigenvalue weighted by molar-refractivity contribution is -0.180. The number of ether oxygens (including phenoxy) is 2. The number of hydrogen-bond donors (Lipinski definition) is 2. The molecule has 1 aromatic carbocycles. The van der Waals surface area contributed by atoms with E-state index < -0.39 is 27.3 Å². The highest BCUT2D eigenvalue weighted by atomic mass is 32.2. The molecule has 3 rings (SSSR count). The molecule has 2 aromatic rings. The van der Waals surface area contributed by atoms with Crippen molar-refractivity contribution >= 4 is 15.7 Å². The third kappa shape index (κ3) is 4.46. The molecule has 0 saturated heterocycles. The molecule has 0 aliphatic carbocycles. The summed E-state index contributed by atoms with van der Waals surface area (Å²) < 4.78 is 49.5. The van der Waals surface area contributed by atoms with Crippen LogP contribution >= 0.6 is 0 Å². The molecule has 0 saturated carbocycles. The molecular formula is C18H19FN2O6S. The Morgan fingerprint density at radius 2 is 1.96 bits per heavy atom. The van der Waals surface area contributed by atoms with Gasteiger partial charge in [0.2, 0.25) is 5.79 Å².